The Hall–Kier alpha value is -3.43. The second-order valence-electron chi connectivity index (χ2n) is 3.92. The molecule has 0 aliphatic heterocycles. The Morgan fingerprint density at radius 1 is 1.17 bits per heavy atom. The van der Waals surface area contributed by atoms with Crippen LogP contribution in [0.1, 0.15) is 10.4 Å². The molecule has 122 valence electrons. The summed E-state index contributed by atoms with van der Waals surface area (Å²) in [6, 6.07) is 6.25. The Labute approximate surface area is 130 Å². The number of rotatable bonds is 4. The zero-order chi connectivity index (χ0) is 17.4. The fourth-order valence-corrected chi connectivity index (χ4v) is 1.36. The van der Waals surface area contributed by atoms with Crippen LogP contribution < -0.4 is 15.2 Å². The van der Waals surface area contributed by atoms with Crippen LogP contribution in [0.2, 0.25) is 0 Å². The van der Waals surface area contributed by atoms with Crippen molar-refractivity contribution >= 4 is 17.6 Å². The molecule has 2 aromatic rings. The zero-order valence-corrected chi connectivity index (χ0v) is 12.3. The van der Waals surface area contributed by atoms with Gasteiger partial charge < -0.3 is 20.3 Å². The lowest BCUT2D eigenvalue weighted by atomic mass is 10.2. The Kier molecular flexibility index (Phi) is 6.22. The summed E-state index contributed by atoms with van der Waals surface area (Å²) in [6.07, 6.45) is 0. The largest absolute Gasteiger partial charge is 0.481 e. The summed E-state index contributed by atoms with van der Waals surface area (Å²) in [7, 11) is 3.00. The van der Waals surface area contributed by atoms with Crippen molar-refractivity contribution in [1.29, 1.82) is 0 Å². The lowest BCUT2D eigenvalue weighted by Crippen LogP contribution is -1.99. The number of hydrogen-bond donors (Lipinski definition) is 2. The van der Waals surface area contributed by atoms with Gasteiger partial charge in [-0.05, 0) is 12.1 Å². The van der Waals surface area contributed by atoms with Gasteiger partial charge in [-0.2, -0.15) is 9.97 Å². The van der Waals surface area contributed by atoms with E-state index in [9.17, 15) is 14.9 Å². The molecule has 0 atom stereocenters. The van der Waals surface area contributed by atoms with Gasteiger partial charge in [-0.1, -0.05) is 0 Å². The highest BCUT2D eigenvalue weighted by Gasteiger charge is 2.06. The van der Waals surface area contributed by atoms with E-state index in [0.717, 1.165) is 12.1 Å². The van der Waals surface area contributed by atoms with Gasteiger partial charge in [0.2, 0.25) is 17.7 Å². The van der Waals surface area contributed by atoms with E-state index in [2.05, 4.69) is 9.97 Å². The second kappa shape index (κ2) is 8.12. The highest BCUT2D eigenvalue weighted by molar-refractivity contribution is 5.87. The van der Waals surface area contributed by atoms with Crippen LogP contribution in [-0.2, 0) is 0 Å². The van der Waals surface area contributed by atoms with Crippen molar-refractivity contribution in [3.63, 3.8) is 0 Å². The number of methoxy groups -OCH3 is 2. The summed E-state index contributed by atoms with van der Waals surface area (Å²) >= 11 is 0. The second-order valence-corrected chi connectivity index (χ2v) is 3.92. The zero-order valence-electron chi connectivity index (χ0n) is 12.3. The van der Waals surface area contributed by atoms with E-state index < -0.39 is 10.9 Å². The molecule has 0 radical (unpaired) electrons. The maximum Gasteiger partial charge on any atom is 0.335 e. The Morgan fingerprint density at radius 3 is 2.00 bits per heavy atom. The van der Waals surface area contributed by atoms with Gasteiger partial charge in [0, 0.05) is 12.1 Å². The van der Waals surface area contributed by atoms with E-state index in [4.69, 9.17) is 20.3 Å². The number of carboxylic acid groups (broad SMARTS) is 1. The molecule has 0 saturated carbocycles. The molecule has 0 aliphatic rings. The number of aromatic carboxylic acids is 1. The van der Waals surface area contributed by atoms with Crippen molar-refractivity contribution in [2.75, 3.05) is 20.0 Å². The number of non-ortho nitro benzene ring substituents is 1. The molecule has 2 rings (SSSR count). The van der Waals surface area contributed by atoms with Gasteiger partial charge in [-0.15, -0.1) is 0 Å². The van der Waals surface area contributed by atoms with Gasteiger partial charge in [-0.25, -0.2) is 4.79 Å². The predicted octanol–water partition coefficient (Wildman–Crippen LogP) is 1.37. The van der Waals surface area contributed by atoms with Crippen LogP contribution >= 0.6 is 0 Å². The minimum Gasteiger partial charge on any atom is -0.481 e. The number of aromatic nitrogens is 2. The first-order valence-electron chi connectivity index (χ1n) is 6.07. The Morgan fingerprint density at radius 2 is 1.65 bits per heavy atom. The average molecular weight is 322 g/mol. The molecule has 23 heavy (non-hydrogen) atoms. The number of benzene rings is 1. The van der Waals surface area contributed by atoms with Crippen molar-refractivity contribution in [1.82, 2.24) is 9.97 Å². The molecule has 0 saturated heterocycles. The maximum absolute atomic E-state index is 10.3. The highest BCUT2D eigenvalue weighted by atomic mass is 16.6. The number of nitro groups is 1. The third-order valence-electron chi connectivity index (χ3n) is 2.44. The van der Waals surface area contributed by atoms with Crippen LogP contribution in [0.15, 0.2) is 30.3 Å². The number of hydrogen-bond acceptors (Lipinski definition) is 8. The van der Waals surface area contributed by atoms with Gasteiger partial charge in [0.1, 0.15) is 0 Å². The van der Waals surface area contributed by atoms with E-state index in [-0.39, 0.29) is 17.2 Å². The van der Waals surface area contributed by atoms with E-state index in [1.165, 1.54) is 26.4 Å². The SMILES string of the molecule is COc1cc(OC)nc(N)n1.O=C(O)c1ccc([N+](=O)[O-])cc1. The molecule has 10 heteroatoms. The van der Waals surface area contributed by atoms with E-state index >= 15 is 0 Å². The molecule has 1 aromatic heterocycles. The number of anilines is 1. The van der Waals surface area contributed by atoms with Crippen LogP contribution in [0, 0.1) is 10.1 Å². The topological polar surface area (TPSA) is 151 Å². The van der Waals surface area contributed by atoms with E-state index in [1.807, 2.05) is 0 Å². The quantitative estimate of drug-likeness (QED) is 0.628. The minimum atomic E-state index is -1.09. The summed E-state index contributed by atoms with van der Waals surface area (Å²) in [4.78, 5) is 27.4. The fraction of sp³-hybridized carbons (Fsp3) is 0.154. The third-order valence-corrected chi connectivity index (χ3v) is 2.44. The van der Waals surface area contributed by atoms with Crippen LogP contribution in [0.25, 0.3) is 0 Å². The number of nitrogens with two attached hydrogens (primary N) is 1. The van der Waals surface area contributed by atoms with Gasteiger partial charge in [0.25, 0.3) is 5.69 Å². The molecule has 1 heterocycles. The number of nitrogens with zero attached hydrogens (tertiary/aromatic N) is 3. The smallest absolute Gasteiger partial charge is 0.335 e. The molecule has 0 aliphatic carbocycles. The first-order valence-corrected chi connectivity index (χ1v) is 6.07. The number of carboxylic acids is 1. The number of nitrogen functional groups attached to an aromatic ring is 1. The molecular formula is C13H14N4O6. The van der Waals surface area contributed by atoms with E-state index in [0.29, 0.717) is 11.8 Å². The van der Waals surface area contributed by atoms with Gasteiger partial charge in [0.05, 0.1) is 30.8 Å². The van der Waals surface area contributed by atoms with Crippen LogP contribution in [-0.4, -0.2) is 40.2 Å². The Bertz CT molecular complexity index is 634. The lowest BCUT2D eigenvalue weighted by molar-refractivity contribution is -0.384. The normalized spacial score (nSPS) is 9.30. The van der Waals surface area contributed by atoms with E-state index in [1.54, 1.807) is 6.07 Å². The summed E-state index contributed by atoms with van der Waals surface area (Å²) in [5, 5.41) is 18.6. The van der Waals surface area contributed by atoms with Crippen molar-refractivity contribution in [2.45, 2.75) is 0 Å². The molecule has 0 bridgehead atoms. The van der Waals surface area contributed by atoms with Gasteiger partial charge >= 0.3 is 5.97 Å². The molecule has 0 fully saturated rings. The number of carbonyl (C=O) groups is 1. The summed E-state index contributed by atoms with van der Waals surface area (Å²) in [5.74, 6) is -0.158. The lowest BCUT2D eigenvalue weighted by Gasteiger charge is -2.01. The first-order chi connectivity index (χ1) is 10.9. The van der Waals surface area contributed by atoms with Crippen molar-refractivity contribution < 1.29 is 24.3 Å². The van der Waals surface area contributed by atoms with Gasteiger partial charge in [-0.3, -0.25) is 10.1 Å². The molecular weight excluding hydrogens is 308 g/mol. The third kappa shape index (κ3) is 5.46. The van der Waals surface area contributed by atoms with Gasteiger partial charge in [0.15, 0.2) is 0 Å². The monoisotopic (exact) mass is 322 g/mol. The summed E-state index contributed by atoms with van der Waals surface area (Å²) in [5.41, 5.74) is 5.26. The number of ether oxygens (including phenoxy) is 2. The summed E-state index contributed by atoms with van der Waals surface area (Å²) < 4.78 is 9.65. The molecule has 0 spiro atoms. The van der Waals surface area contributed by atoms with Crippen LogP contribution in [0.5, 0.6) is 11.8 Å². The summed E-state index contributed by atoms with van der Waals surface area (Å²) in [6.45, 7) is 0. The van der Waals surface area contributed by atoms with Crippen LogP contribution in [0.4, 0.5) is 11.6 Å². The highest BCUT2D eigenvalue weighted by Crippen LogP contribution is 2.15. The van der Waals surface area contributed by atoms with Crippen molar-refractivity contribution in [2.24, 2.45) is 0 Å². The molecule has 10 nitrogen and oxygen atoms in total. The van der Waals surface area contributed by atoms with Crippen molar-refractivity contribution in [3.05, 3.63) is 46.0 Å². The fourth-order valence-electron chi connectivity index (χ4n) is 1.36. The molecule has 3 N–H and O–H groups in total. The molecule has 1 aromatic carbocycles. The van der Waals surface area contributed by atoms with Crippen LogP contribution in [0.3, 0.4) is 0 Å². The average Bonchev–Trinajstić information content (AvgIpc) is 2.54. The first kappa shape index (κ1) is 17.6. The minimum absolute atomic E-state index is 0.0422. The predicted molar refractivity (Wildman–Crippen MR) is 79.6 cm³/mol. The molecule has 0 unspecified atom stereocenters. The Balaban J connectivity index is 0.000000231. The number of nitro benzene ring substituents is 1. The molecule has 0 amide bonds. The van der Waals surface area contributed by atoms with Crippen molar-refractivity contribution in [3.8, 4) is 11.8 Å². The maximum atomic E-state index is 10.3. The standard InChI is InChI=1S/C7H5NO4.C6H9N3O2/c9-7(10)5-1-3-6(4-2-5)8(11)12;1-10-4-3-5(11-2)9-6(7)8-4/h1-4H,(H,9,10);3H,1-2H3,(H2,7,8,9).